The number of Topliss-reactive ketones (excluding diaryl/α,β-unsaturated/α-hetero) is 1. The summed E-state index contributed by atoms with van der Waals surface area (Å²) in [5.74, 6) is 1.03. The standard InChI is InChI=1S/C16H24N2O/c1-17-11-15-8-5-9-18(12-15)13-16(19)10-14-6-3-2-4-7-14/h2-4,6-7,15,17H,5,8-13H2,1H3. The van der Waals surface area contributed by atoms with E-state index in [1.54, 1.807) is 0 Å². The monoisotopic (exact) mass is 260 g/mol. The van der Waals surface area contributed by atoms with E-state index in [0.29, 0.717) is 24.7 Å². The van der Waals surface area contributed by atoms with Gasteiger partial charge in [-0.15, -0.1) is 0 Å². The summed E-state index contributed by atoms with van der Waals surface area (Å²) < 4.78 is 0. The Labute approximate surface area is 116 Å². The number of benzene rings is 1. The average Bonchev–Trinajstić information content (AvgIpc) is 2.40. The van der Waals surface area contributed by atoms with Crippen molar-refractivity contribution < 1.29 is 4.79 Å². The second-order valence-corrected chi connectivity index (χ2v) is 5.50. The van der Waals surface area contributed by atoms with Crippen LogP contribution in [0.3, 0.4) is 0 Å². The Kier molecular flexibility index (Phi) is 5.55. The summed E-state index contributed by atoms with van der Waals surface area (Å²) in [7, 11) is 2.00. The smallest absolute Gasteiger partial charge is 0.151 e. The summed E-state index contributed by atoms with van der Waals surface area (Å²) in [5.41, 5.74) is 1.12. The lowest BCUT2D eigenvalue weighted by molar-refractivity contribution is -0.120. The second kappa shape index (κ2) is 7.41. The van der Waals surface area contributed by atoms with Crippen molar-refractivity contribution in [1.29, 1.82) is 0 Å². The maximum absolute atomic E-state index is 12.1. The zero-order valence-electron chi connectivity index (χ0n) is 11.8. The number of hydrogen-bond acceptors (Lipinski definition) is 3. The number of nitrogens with zero attached hydrogens (tertiary/aromatic N) is 1. The lowest BCUT2D eigenvalue weighted by atomic mass is 9.97. The van der Waals surface area contributed by atoms with Gasteiger partial charge in [0.05, 0.1) is 6.54 Å². The summed E-state index contributed by atoms with van der Waals surface area (Å²) in [6.07, 6.45) is 3.06. The van der Waals surface area contributed by atoms with Gasteiger partial charge < -0.3 is 5.32 Å². The highest BCUT2D eigenvalue weighted by molar-refractivity contribution is 5.82. The molecule has 0 saturated carbocycles. The Bertz CT molecular complexity index is 389. The molecule has 0 aliphatic carbocycles. The molecule has 3 nitrogen and oxygen atoms in total. The molecule has 1 unspecified atom stereocenters. The van der Waals surface area contributed by atoms with Crippen molar-refractivity contribution in [3.05, 3.63) is 35.9 Å². The Hall–Kier alpha value is -1.19. The largest absolute Gasteiger partial charge is 0.319 e. The summed E-state index contributed by atoms with van der Waals surface area (Å²) in [5, 5.41) is 3.24. The normalized spacial score (nSPS) is 20.4. The summed E-state index contributed by atoms with van der Waals surface area (Å²) >= 11 is 0. The third kappa shape index (κ3) is 4.77. The van der Waals surface area contributed by atoms with Crippen LogP contribution in [0.4, 0.5) is 0 Å². The number of carbonyl (C=O) groups excluding carboxylic acids is 1. The fourth-order valence-corrected chi connectivity index (χ4v) is 2.88. The van der Waals surface area contributed by atoms with E-state index in [4.69, 9.17) is 0 Å². The first-order chi connectivity index (χ1) is 9.28. The number of piperidine rings is 1. The van der Waals surface area contributed by atoms with Crippen LogP contribution in [0.15, 0.2) is 30.3 Å². The number of nitrogens with one attached hydrogen (secondary N) is 1. The third-order valence-corrected chi connectivity index (χ3v) is 3.74. The first-order valence-corrected chi connectivity index (χ1v) is 7.20. The molecule has 1 aromatic rings. The van der Waals surface area contributed by atoms with Crippen LogP contribution < -0.4 is 5.32 Å². The molecule has 1 N–H and O–H groups in total. The molecule has 0 spiro atoms. The maximum Gasteiger partial charge on any atom is 0.151 e. The van der Waals surface area contributed by atoms with Gasteiger partial charge in [-0.25, -0.2) is 0 Å². The SMILES string of the molecule is CNCC1CCCN(CC(=O)Cc2ccccc2)C1. The molecule has 2 rings (SSSR count). The molecule has 0 aromatic heterocycles. The van der Waals surface area contributed by atoms with Crippen molar-refractivity contribution in [2.45, 2.75) is 19.3 Å². The molecule has 1 aliphatic heterocycles. The number of rotatable bonds is 6. The topological polar surface area (TPSA) is 32.3 Å². The van der Waals surface area contributed by atoms with Crippen LogP contribution in [0.2, 0.25) is 0 Å². The third-order valence-electron chi connectivity index (χ3n) is 3.74. The van der Waals surface area contributed by atoms with E-state index in [9.17, 15) is 4.79 Å². The number of ketones is 1. The fourth-order valence-electron chi connectivity index (χ4n) is 2.88. The van der Waals surface area contributed by atoms with E-state index in [1.165, 1.54) is 12.8 Å². The van der Waals surface area contributed by atoms with Crippen molar-refractivity contribution in [2.24, 2.45) is 5.92 Å². The molecule has 1 fully saturated rings. The molecule has 0 amide bonds. The molecule has 0 bridgehead atoms. The van der Waals surface area contributed by atoms with Gasteiger partial charge in [-0.3, -0.25) is 9.69 Å². The zero-order valence-corrected chi connectivity index (χ0v) is 11.8. The van der Waals surface area contributed by atoms with Crippen LogP contribution in [-0.2, 0) is 11.2 Å². The first kappa shape index (κ1) is 14.2. The molecular formula is C16H24N2O. The molecule has 1 saturated heterocycles. The highest BCUT2D eigenvalue weighted by atomic mass is 16.1. The van der Waals surface area contributed by atoms with E-state index in [1.807, 2.05) is 37.4 Å². The van der Waals surface area contributed by atoms with Crippen molar-refractivity contribution in [2.75, 3.05) is 33.2 Å². The summed E-state index contributed by atoms with van der Waals surface area (Å²) in [4.78, 5) is 14.4. The predicted molar refractivity (Wildman–Crippen MR) is 78.2 cm³/mol. The van der Waals surface area contributed by atoms with Gasteiger partial charge in [0.15, 0.2) is 5.78 Å². The molecule has 3 heteroatoms. The van der Waals surface area contributed by atoms with Gasteiger partial charge in [-0.05, 0) is 44.5 Å². The molecule has 19 heavy (non-hydrogen) atoms. The molecule has 1 aliphatic rings. The lowest BCUT2D eigenvalue weighted by Gasteiger charge is -2.32. The highest BCUT2D eigenvalue weighted by Gasteiger charge is 2.20. The molecule has 1 aromatic carbocycles. The minimum absolute atomic E-state index is 0.330. The van der Waals surface area contributed by atoms with Gasteiger partial charge in [0, 0.05) is 13.0 Å². The van der Waals surface area contributed by atoms with E-state index in [0.717, 1.165) is 25.2 Å². The lowest BCUT2D eigenvalue weighted by Crippen LogP contribution is -2.41. The second-order valence-electron chi connectivity index (χ2n) is 5.50. The van der Waals surface area contributed by atoms with E-state index in [-0.39, 0.29) is 0 Å². The Balaban J connectivity index is 1.78. The zero-order chi connectivity index (χ0) is 13.5. The van der Waals surface area contributed by atoms with Crippen molar-refractivity contribution >= 4 is 5.78 Å². The van der Waals surface area contributed by atoms with Crippen LogP contribution in [0, 0.1) is 5.92 Å². The number of carbonyl (C=O) groups is 1. The van der Waals surface area contributed by atoms with E-state index in [2.05, 4.69) is 10.2 Å². The number of likely N-dealkylation sites (tertiary alicyclic amines) is 1. The van der Waals surface area contributed by atoms with Crippen LogP contribution in [-0.4, -0.2) is 43.9 Å². The first-order valence-electron chi connectivity index (χ1n) is 7.20. The van der Waals surface area contributed by atoms with Gasteiger partial charge in [-0.1, -0.05) is 30.3 Å². The fraction of sp³-hybridized carbons (Fsp3) is 0.562. The Morgan fingerprint density at radius 2 is 2.16 bits per heavy atom. The molecule has 1 atom stereocenters. The van der Waals surface area contributed by atoms with Crippen LogP contribution >= 0.6 is 0 Å². The van der Waals surface area contributed by atoms with Gasteiger partial charge >= 0.3 is 0 Å². The summed E-state index contributed by atoms with van der Waals surface area (Å²) in [6.45, 7) is 3.79. The summed E-state index contributed by atoms with van der Waals surface area (Å²) in [6, 6.07) is 10.0. The van der Waals surface area contributed by atoms with Crippen LogP contribution in [0.1, 0.15) is 18.4 Å². The van der Waals surface area contributed by atoms with Gasteiger partial charge in [-0.2, -0.15) is 0 Å². The van der Waals surface area contributed by atoms with Crippen molar-refractivity contribution in [1.82, 2.24) is 10.2 Å². The maximum atomic E-state index is 12.1. The predicted octanol–water partition coefficient (Wildman–Crippen LogP) is 1.73. The molecule has 0 radical (unpaired) electrons. The van der Waals surface area contributed by atoms with Gasteiger partial charge in [0.1, 0.15) is 0 Å². The molecule has 1 heterocycles. The number of hydrogen-bond donors (Lipinski definition) is 1. The van der Waals surface area contributed by atoms with E-state index >= 15 is 0 Å². The van der Waals surface area contributed by atoms with Gasteiger partial charge in [0.25, 0.3) is 0 Å². The average molecular weight is 260 g/mol. The van der Waals surface area contributed by atoms with E-state index < -0.39 is 0 Å². The minimum atomic E-state index is 0.330. The minimum Gasteiger partial charge on any atom is -0.319 e. The molecular weight excluding hydrogens is 236 g/mol. The van der Waals surface area contributed by atoms with Gasteiger partial charge in [0.2, 0.25) is 0 Å². The van der Waals surface area contributed by atoms with Crippen molar-refractivity contribution in [3.8, 4) is 0 Å². The highest BCUT2D eigenvalue weighted by Crippen LogP contribution is 2.15. The Morgan fingerprint density at radius 3 is 2.89 bits per heavy atom. The Morgan fingerprint density at radius 1 is 1.37 bits per heavy atom. The quantitative estimate of drug-likeness (QED) is 0.845. The van der Waals surface area contributed by atoms with Crippen molar-refractivity contribution in [3.63, 3.8) is 0 Å². The van der Waals surface area contributed by atoms with Crippen LogP contribution in [0.25, 0.3) is 0 Å². The molecule has 104 valence electrons. The van der Waals surface area contributed by atoms with Crippen LogP contribution in [0.5, 0.6) is 0 Å².